The van der Waals surface area contributed by atoms with E-state index in [4.69, 9.17) is 33.9 Å². The SMILES string of the molecule is CC(=S)OCCCc1ccccc1OC(C)=S. The van der Waals surface area contributed by atoms with Crippen LogP contribution in [-0.4, -0.2) is 16.7 Å². The van der Waals surface area contributed by atoms with E-state index in [1.807, 2.05) is 24.3 Å². The van der Waals surface area contributed by atoms with Crippen molar-refractivity contribution in [2.45, 2.75) is 26.7 Å². The van der Waals surface area contributed by atoms with Crippen molar-refractivity contribution in [3.63, 3.8) is 0 Å². The normalized spacial score (nSPS) is 9.76. The van der Waals surface area contributed by atoms with Gasteiger partial charge in [-0.2, -0.15) is 0 Å². The van der Waals surface area contributed by atoms with E-state index in [2.05, 4.69) is 0 Å². The molecule has 2 nitrogen and oxygen atoms in total. The van der Waals surface area contributed by atoms with Gasteiger partial charge in [-0.1, -0.05) is 18.2 Å². The zero-order valence-electron chi connectivity index (χ0n) is 10.1. The molecule has 0 aliphatic carbocycles. The molecule has 0 aliphatic rings. The predicted octanol–water partition coefficient (Wildman–Crippen LogP) is 3.71. The number of hydrogen-bond donors (Lipinski definition) is 0. The summed E-state index contributed by atoms with van der Waals surface area (Å²) < 4.78 is 10.7. The number of para-hydroxylation sites is 1. The molecular formula is C13H16O2S2. The average molecular weight is 268 g/mol. The summed E-state index contributed by atoms with van der Waals surface area (Å²) in [6.07, 6.45) is 1.80. The highest BCUT2D eigenvalue weighted by molar-refractivity contribution is 7.80. The first kappa shape index (κ1) is 14.1. The topological polar surface area (TPSA) is 18.5 Å². The fourth-order valence-corrected chi connectivity index (χ4v) is 1.62. The molecule has 0 N–H and O–H groups in total. The number of ether oxygens (including phenoxy) is 2. The Balaban J connectivity index is 2.51. The minimum absolute atomic E-state index is 0.531. The minimum Gasteiger partial charge on any atom is -0.487 e. The molecule has 0 saturated carbocycles. The molecule has 0 unspecified atom stereocenters. The van der Waals surface area contributed by atoms with Crippen molar-refractivity contribution < 1.29 is 9.47 Å². The van der Waals surface area contributed by atoms with Crippen molar-refractivity contribution >= 4 is 34.5 Å². The lowest BCUT2D eigenvalue weighted by Crippen LogP contribution is -2.04. The zero-order valence-corrected chi connectivity index (χ0v) is 11.7. The molecule has 0 aliphatic heterocycles. The monoisotopic (exact) mass is 268 g/mol. The molecule has 0 spiro atoms. The van der Waals surface area contributed by atoms with Crippen molar-refractivity contribution in [3.05, 3.63) is 29.8 Å². The third kappa shape index (κ3) is 5.75. The van der Waals surface area contributed by atoms with E-state index in [1.165, 1.54) is 0 Å². The van der Waals surface area contributed by atoms with Crippen molar-refractivity contribution in [2.24, 2.45) is 0 Å². The molecule has 0 saturated heterocycles. The molecule has 1 rings (SSSR count). The van der Waals surface area contributed by atoms with Crippen LogP contribution >= 0.6 is 24.4 Å². The molecule has 4 heteroatoms. The van der Waals surface area contributed by atoms with E-state index in [-0.39, 0.29) is 0 Å². The number of thiocarbonyl (C=S) groups is 2. The lowest BCUT2D eigenvalue weighted by Gasteiger charge is -2.10. The van der Waals surface area contributed by atoms with E-state index < -0.39 is 0 Å². The van der Waals surface area contributed by atoms with Crippen LogP contribution in [0.4, 0.5) is 0 Å². The fourth-order valence-electron chi connectivity index (χ4n) is 1.44. The Morgan fingerprint density at radius 3 is 2.47 bits per heavy atom. The first-order valence-electron chi connectivity index (χ1n) is 5.49. The Hall–Kier alpha value is -1.00. The second-order valence-corrected chi connectivity index (χ2v) is 4.79. The van der Waals surface area contributed by atoms with Gasteiger partial charge in [-0.15, -0.1) is 0 Å². The lowest BCUT2D eigenvalue weighted by atomic mass is 10.1. The van der Waals surface area contributed by atoms with Gasteiger partial charge in [0.25, 0.3) is 0 Å². The van der Waals surface area contributed by atoms with E-state index in [1.54, 1.807) is 13.8 Å². The molecule has 0 atom stereocenters. The summed E-state index contributed by atoms with van der Waals surface area (Å²) in [5, 5.41) is 1.12. The Morgan fingerprint density at radius 1 is 1.12 bits per heavy atom. The first-order chi connectivity index (χ1) is 8.09. The van der Waals surface area contributed by atoms with Gasteiger partial charge in [-0.25, -0.2) is 0 Å². The Kier molecular flexibility index (Phi) is 6.08. The van der Waals surface area contributed by atoms with Gasteiger partial charge in [0.1, 0.15) is 5.75 Å². The van der Waals surface area contributed by atoms with Gasteiger partial charge >= 0.3 is 0 Å². The van der Waals surface area contributed by atoms with Gasteiger partial charge in [-0.05, 0) is 48.9 Å². The highest BCUT2D eigenvalue weighted by Gasteiger charge is 2.03. The summed E-state index contributed by atoms with van der Waals surface area (Å²) >= 11 is 9.79. The van der Waals surface area contributed by atoms with Crippen LogP contribution in [-0.2, 0) is 11.2 Å². The molecule has 1 aromatic rings. The summed E-state index contributed by atoms with van der Waals surface area (Å²) in [5.41, 5.74) is 1.14. The van der Waals surface area contributed by atoms with Crippen LogP contribution in [0.15, 0.2) is 24.3 Å². The molecular weight excluding hydrogens is 252 g/mol. The molecule has 0 radical (unpaired) electrons. The summed E-state index contributed by atoms with van der Waals surface area (Å²) in [4.78, 5) is 0. The first-order valence-corrected chi connectivity index (χ1v) is 6.31. The zero-order chi connectivity index (χ0) is 12.7. The van der Waals surface area contributed by atoms with Crippen molar-refractivity contribution in [1.29, 1.82) is 0 Å². The van der Waals surface area contributed by atoms with Crippen LogP contribution in [0.1, 0.15) is 25.8 Å². The molecule has 17 heavy (non-hydrogen) atoms. The number of aryl methyl sites for hydroxylation is 1. The third-order valence-electron chi connectivity index (χ3n) is 2.12. The van der Waals surface area contributed by atoms with Crippen molar-refractivity contribution in [1.82, 2.24) is 0 Å². The van der Waals surface area contributed by atoms with Gasteiger partial charge in [0.05, 0.1) is 6.61 Å². The van der Waals surface area contributed by atoms with Gasteiger partial charge in [-0.3, -0.25) is 0 Å². The van der Waals surface area contributed by atoms with E-state index in [0.717, 1.165) is 24.2 Å². The fraction of sp³-hybridized carbons (Fsp3) is 0.385. The average Bonchev–Trinajstić information content (AvgIpc) is 2.25. The maximum Gasteiger partial charge on any atom is 0.164 e. The van der Waals surface area contributed by atoms with Crippen LogP contribution in [0, 0.1) is 0 Å². The molecule has 1 aromatic carbocycles. The Morgan fingerprint density at radius 2 is 1.82 bits per heavy atom. The quantitative estimate of drug-likeness (QED) is 0.598. The van der Waals surface area contributed by atoms with Gasteiger partial charge in [0.2, 0.25) is 0 Å². The Bertz CT molecular complexity index is 402. The lowest BCUT2D eigenvalue weighted by molar-refractivity contribution is 0.304. The van der Waals surface area contributed by atoms with Crippen LogP contribution in [0.3, 0.4) is 0 Å². The molecule has 0 bridgehead atoms. The maximum absolute atomic E-state index is 5.49. The second kappa shape index (κ2) is 7.35. The van der Waals surface area contributed by atoms with Crippen LogP contribution in [0.5, 0.6) is 5.75 Å². The van der Waals surface area contributed by atoms with E-state index in [9.17, 15) is 0 Å². The van der Waals surface area contributed by atoms with Crippen LogP contribution in [0.2, 0.25) is 0 Å². The Labute approximate surface area is 113 Å². The third-order valence-corrected chi connectivity index (χ3v) is 2.32. The van der Waals surface area contributed by atoms with Crippen molar-refractivity contribution in [3.8, 4) is 5.75 Å². The molecule has 0 fully saturated rings. The number of rotatable bonds is 5. The van der Waals surface area contributed by atoms with Gasteiger partial charge in [0.15, 0.2) is 10.1 Å². The molecule has 0 aromatic heterocycles. The smallest absolute Gasteiger partial charge is 0.164 e. The van der Waals surface area contributed by atoms with E-state index in [0.29, 0.717) is 16.7 Å². The minimum atomic E-state index is 0.531. The molecule has 0 amide bonds. The van der Waals surface area contributed by atoms with Crippen LogP contribution in [0.25, 0.3) is 0 Å². The van der Waals surface area contributed by atoms with E-state index >= 15 is 0 Å². The largest absolute Gasteiger partial charge is 0.487 e. The number of benzene rings is 1. The standard InChI is InChI=1S/C13H16O2S2/c1-10(16)14-9-5-7-12-6-3-4-8-13(12)15-11(2)17/h3-4,6,8H,5,7,9H2,1-2H3. The van der Waals surface area contributed by atoms with Crippen LogP contribution < -0.4 is 4.74 Å². The summed E-state index contributed by atoms with van der Waals surface area (Å²) in [6, 6.07) is 7.90. The predicted molar refractivity (Wildman–Crippen MR) is 77.9 cm³/mol. The highest BCUT2D eigenvalue weighted by Crippen LogP contribution is 2.19. The van der Waals surface area contributed by atoms with Gasteiger partial charge in [0, 0.05) is 13.8 Å². The highest BCUT2D eigenvalue weighted by atomic mass is 32.1. The van der Waals surface area contributed by atoms with Crippen molar-refractivity contribution in [2.75, 3.05) is 6.61 Å². The summed E-state index contributed by atoms with van der Waals surface area (Å²) in [6.45, 7) is 4.19. The molecule has 0 heterocycles. The second-order valence-electron chi connectivity index (χ2n) is 3.64. The summed E-state index contributed by atoms with van der Waals surface area (Å²) in [7, 11) is 0. The summed E-state index contributed by atoms with van der Waals surface area (Å²) in [5.74, 6) is 0.832. The molecule has 92 valence electrons. The van der Waals surface area contributed by atoms with Gasteiger partial charge < -0.3 is 9.47 Å². The maximum atomic E-state index is 5.49. The number of hydrogen-bond acceptors (Lipinski definition) is 4.